The van der Waals surface area contributed by atoms with Gasteiger partial charge in [-0.1, -0.05) is 0 Å². The van der Waals surface area contributed by atoms with Crippen molar-refractivity contribution in [3.8, 4) is 0 Å². The fraction of sp³-hybridized carbons (Fsp3) is 0.875. The number of piperidine rings is 2. The van der Waals surface area contributed by atoms with E-state index >= 15 is 0 Å². The first-order chi connectivity index (χ1) is 11.7. The zero-order chi connectivity index (χ0) is 16.1. The van der Waals surface area contributed by atoms with Crippen molar-refractivity contribution in [3.63, 3.8) is 0 Å². The Morgan fingerprint density at radius 3 is 1.58 bits per heavy atom. The Kier molecular flexibility index (Phi) is 3.29. The Bertz CT molecular complexity index is 640. The third-order valence-electron chi connectivity index (χ3n) is 8.00. The summed E-state index contributed by atoms with van der Waals surface area (Å²) in [6.07, 6.45) is 11.4. The summed E-state index contributed by atoms with van der Waals surface area (Å²) >= 11 is 5.93. The minimum atomic E-state index is -0.673. The predicted octanol–water partition coefficient (Wildman–Crippen LogP) is 2.67. The van der Waals surface area contributed by atoms with Gasteiger partial charge in [-0.15, -0.1) is 0 Å². The monoisotopic (exact) mass is 550 g/mol. The van der Waals surface area contributed by atoms with Gasteiger partial charge in [-0.25, -0.2) is 0 Å². The largest absolute Gasteiger partial charge is 0.437 e. The lowest BCUT2D eigenvalue weighted by Gasteiger charge is -2.45. The van der Waals surface area contributed by atoms with Gasteiger partial charge in [0.1, 0.15) is 0 Å². The lowest BCUT2D eigenvalue weighted by Crippen LogP contribution is -2.72. The molecular weight excluding hydrogens is 524 g/mol. The first-order valence-corrected chi connectivity index (χ1v) is 12.7. The van der Waals surface area contributed by atoms with Gasteiger partial charge < -0.3 is 18.6 Å². The highest BCUT2D eigenvalue weighted by atomic mass is 127. The van der Waals surface area contributed by atoms with Crippen molar-refractivity contribution in [3.05, 3.63) is 0 Å². The van der Waals surface area contributed by atoms with E-state index in [-0.39, 0.29) is 0 Å². The van der Waals surface area contributed by atoms with E-state index in [0.29, 0.717) is 0 Å². The minimum absolute atomic E-state index is 0.673. The molecule has 0 aromatic rings. The Balaban J connectivity index is 1.61. The van der Waals surface area contributed by atoms with E-state index in [1.165, 1.54) is 77.5 Å². The molecule has 0 radical (unpaired) electrons. The SMILES string of the molecule is I[B@-]12N3CCCC4CCC[N+](=C43)[B@@-]1(I)N1CCCC3CCC[N+]2=C31. The zero-order valence-corrected chi connectivity index (χ0v) is 18.7. The van der Waals surface area contributed by atoms with E-state index in [0.717, 1.165) is 11.8 Å². The molecule has 0 amide bonds. The highest BCUT2D eigenvalue weighted by Gasteiger charge is 2.76. The number of amidine groups is 2. The molecule has 0 N–H and O–H groups in total. The van der Waals surface area contributed by atoms with Crippen LogP contribution in [0, 0.1) is 11.8 Å². The summed E-state index contributed by atoms with van der Waals surface area (Å²) in [6.45, 7) is 5.22. The lowest BCUT2D eigenvalue weighted by atomic mass is 9.33. The number of hydrogen-bond donors (Lipinski definition) is 0. The fourth-order valence-corrected chi connectivity index (χ4v) is 11.1. The van der Waals surface area contributed by atoms with E-state index in [1.807, 2.05) is 0 Å². The predicted molar refractivity (Wildman–Crippen MR) is 117 cm³/mol. The Morgan fingerprint density at radius 1 is 0.708 bits per heavy atom. The topological polar surface area (TPSA) is 12.5 Å². The first kappa shape index (κ1) is 15.6. The molecule has 6 heterocycles. The summed E-state index contributed by atoms with van der Waals surface area (Å²) in [5, 5.41) is 0. The van der Waals surface area contributed by atoms with Crippen LogP contribution >= 0.6 is 44.7 Å². The number of hydrogen-bond acceptors (Lipinski definition) is 2. The van der Waals surface area contributed by atoms with E-state index in [1.54, 1.807) is 11.7 Å². The molecule has 6 aliphatic rings. The minimum Gasteiger partial charge on any atom is -0.437 e. The molecular formula is C16H26B2I2N4. The molecule has 0 aromatic heterocycles. The highest BCUT2D eigenvalue weighted by molar-refractivity contribution is 14.2. The van der Waals surface area contributed by atoms with Crippen LogP contribution in [0.1, 0.15) is 51.4 Å². The molecule has 0 spiro atoms. The van der Waals surface area contributed by atoms with Crippen LogP contribution in [0.4, 0.5) is 0 Å². The van der Waals surface area contributed by atoms with Gasteiger partial charge in [0, 0.05) is 26.2 Å². The molecule has 8 heteroatoms. The van der Waals surface area contributed by atoms with Crippen LogP contribution < -0.4 is 0 Å². The van der Waals surface area contributed by atoms with Crippen molar-refractivity contribution in [2.24, 2.45) is 11.8 Å². The van der Waals surface area contributed by atoms with Crippen LogP contribution in [0.15, 0.2) is 0 Å². The molecule has 0 aliphatic carbocycles. The van der Waals surface area contributed by atoms with Gasteiger partial charge in [0.25, 0.3) is 0 Å². The van der Waals surface area contributed by atoms with Crippen LogP contribution in [0.5, 0.6) is 0 Å². The van der Waals surface area contributed by atoms with Crippen LogP contribution in [-0.4, -0.2) is 64.8 Å². The highest BCUT2D eigenvalue weighted by Crippen LogP contribution is 2.53. The van der Waals surface area contributed by atoms with Crippen LogP contribution in [0.3, 0.4) is 0 Å². The second-order valence-electron chi connectivity index (χ2n) is 8.92. The van der Waals surface area contributed by atoms with Crippen molar-refractivity contribution < 1.29 is 8.97 Å². The molecule has 24 heavy (non-hydrogen) atoms. The zero-order valence-electron chi connectivity index (χ0n) is 14.3. The molecule has 2 saturated heterocycles. The molecule has 2 fully saturated rings. The summed E-state index contributed by atoms with van der Waals surface area (Å²) < 4.78 is 4.56. The average molecular weight is 550 g/mol. The molecule has 6 aliphatic heterocycles. The number of rotatable bonds is 0. The van der Waals surface area contributed by atoms with E-state index in [2.05, 4.69) is 63.3 Å². The Labute approximate surface area is 171 Å². The average Bonchev–Trinajstić information content (AvgIpc) is 2.95. The maximum Gasteiger partial charge on any atom is 0.391 e. The number of fused-ring (bicyclic) bond motifs is 5. The second kappa shape index (κ2) is 5.07. The van der Waals surface area contributed by atoms with Crippen molar-refractivity contribution in [2.75, 3.05) is 26.2 Å². The smallest absolute Gasteiger partial charge is 0.391 e. The summed E-state index contributed by atoms with van der Waals surface area (Å²) in [6, 6.07) is 0. The molecule has 4 atom stereocenters. The van der Waals surface area contributed by atoms with Crippen molar-refractivity contribution in [1.82, 2.24) is 9.62 Å². The molecule has 0 bridgehead atoms. The van der Waals surface area contributed by atoms with Crippen LogP contribution in [-0.2, 0) is 0 Å². The van der Waals surface area contributed by atoms with Gasteiger partial charge in [0.2, 0.25) is 0 Å². The molecule has 4 nitrogen and oxygen atoms in total. The standard InChI is InChI=1S/C16H26B2I2N4/c19-17-18(20,22-10-2-6-13-5-1-9-21(17)15(13)22)24-12-4-8-14-7-3-11-23(17)16(14)24/h13-14H,1-12H2/t13?,14?,17-,18+. The maximum atomic E-state index is 2.97. The molecule has 130 valence electrons. The fourth-order valence-electron chi connectivity index (χ4n) is 7.28. The molecule has 0 aromatic carbocycles. The summed E-state index contributed by atoms with van der Waals surface area (Å²) in [5.74, 6) is 5.24. The Hall–Kier alpha value is 0.530. The third-order valence-corrected chi connectivity index (χ3v) is 14.1. The second-order valence-corrected chi connectivity index (χ2v) is 12.6. The van der Waals surface area contributed by atoms with Gasteiger partial charge in [-0.2, -0.15) is 0 Å². The lowest BCUT2D eigenvalue weighted by molar-refractivity contribution is -0.407. The normalized spacial score (nSPS) is 46.2. The first-order valence-electron chi connectivity index (χ1n) is 10.2. The van der Waals surface area contributed by atoms with E-state index < -0.39 is 8.33 Å². The van der Waals surface area contributed by atoms with Gasteiger partial charge in [0.05, 0.1) is 11.8 Å². The maximum absolute atomic E-state index is 2.97. The Morgan fingerprint density at radius 2 is 1.12 bits per heavy atom. The van der Waals surface area contributed by atoms with Gasteiger partial charge >= 0.3 is 8.33 Å². The molecule has 6 rings (SSSR count). The van der Waals surface area contributed by atoms with Crippen molar-refractivity contribution in [2.45, 2.75) is 51.4 Å². The quantitative estimate of drug-likeness (QED) is 0.340. The van der Waals surface area contributed by atoms with Gasteiger partial charge in [0.15, 0.2) is 11.7 Å². The number of nitrogens with zero attached hydrogens (tertiary/aromatic N) is 4. The number of halogens is 2. The summed E-state index contributed by atoms with van der Waals surface area (Å²) in [5.41, 5.74) is 0. The van der Waals surface area contributed by atoms with Crippen molar-refractivity contribution in [1.29, 1.82) is 0 Å². The van der Waals surface area contributed by atoms with Crippen LogP contribution in [0.25, 0.3) is 0 Å². The molecule has 0 saturated carbocycles. The van der Waals surface area contributed by atoms with Gasteiger partial charge in [-0.05, 0) is 51.4 Å². The summed E-state index contributed by atoms with van der Waals surface area (Å²) in [4.78, 5) is 5.90. The van der Waals surface area contributed by atoms with Crippen LogP contribution in [0.2, 0.25) is 0 Å². The van der Waals surface area contributed by atoms with E-state index in [4.69, 9.17) is 0 Å². The van der Waals surface area contributed by atoms with Crippen molar-refractivity contribution >= 4 is 64.7 Å². The molecule has 2 unspecified atom stereocenters. The third kappa shape index (κ3) is 1.57. The van der Waals surface area contributed by atoms with E-state index in [9.17, 15) is 0 Å². The summed E-state index contributed by atoms with van der Waals surface area (Å²) in [7, 11) is 0. The van der Waals surface area contributed by atoms with Gasteiger partial charge in [-0.3, -0.25) is 44.7 Å².